The number of ether oxygens (including phenoxy) is 1. The average molecular weight is 340 g/mol. The lowest BCUT2D eigenvalue weighted by molar-refractivity contribution is -0.164. The predicted molar refractivity (Wildman–Crippen MR) is 68.9 cm³/mol. The smallest absolute Gasteiger partial charge is 0.373 e. The summed E-state index contributed by atoms with van der Waals surface area (Å²) in [6.07, 6.45) is -7.57. The minimum absolute atomic E-state index is 0.613. The van der Waals surface area contributed by atoms with E-state index in [1.54, 1.807) is 0 Å². The van der Waals surface area contributed by atoms with E-state index in [1.165, 1.54) is 0 Å². The van der Waals surface area contributed by atoms with Crippen LogP contribution in [0.1, 0.15) is 0 Å². The summed E-state index contributed by atoms with van der Waals surface area (Å²) >= 11 is 0. The fourth-order valence-corrected chi connectivity index (χ4v) is 2.37. The average Bonchev–Trinajstić information content (AvgIpc) is 2.35. The highest BCUT2D eigenvalue weighted by Crippen LogP contribution is 2.41. The van der Waals surface area contributed by atoms with E-state index in [2.05, 4.69) is 15.8 Å². The Morgan fingerprint density at radius 2 is 1.95 bits per heavy atom. The molecule has 9 nitrogen and oxygen atoms in total. The molecule has 0 fully saturated rings. The third-order valence-corrected chi connectivity index (χ3v) is 3.28. The lowest BCUT2D eigenvalue weighted by Crippen LogP contribution is -2.51. The first-order chi connectivity index (χ1) is 9.94. The van der Waals surface area contributed by atoms with Crippen LogP contribution in [0.3, 0.4) is 0 Å². The first-order valence-corrected chi connectivity index (χ1v) is 7.81. The Morgan fingerprint density at radius 3 is 2.36 bits per heavy atom. The molecule has 0 aliphatic heterocycles. The first-order valence-electron chi connectivity index (χ1n) is 5.78. The number of rotatable bonds is 5. The maximum Gasteiger partial charge on any atom is 0.373 e. The minimum Gasteiger partial charge on any atom is -0.502 e. The highest BCUT2D eigenvalue weighted by molar-refractivity contribution is 7.51. The highest BCUT2D eigenvalue weighted by atomic mass is 31.2. The van der Waals surface area contributed by atoms with Crippen molar-refractivity contribution in [3.63, 3.8) is 0 Å². The van der Waals surface area contributed by atoms with Crippen molar-refractivity contribution in [1.29, 1.82) is 0 Å². The number of hydrogen-bond acceptors (Lipinski definition) is 7. The maximum atomic E-state index is 14.1. The molecule has 4 N–H and O–H groups in total. The number of alkyl halides is 1. The zero-order chi connectivity index (χ0) is 17.2. The van der Waals surface area contributed by atoms with E-state index < -0.39 is 55.4 Å². The summed E-state index contributed by atoms with van der Waals surface area (Å²) in [6.45, 7) is 3.60. The van der Waals surface area contributed by atoms with Crippen LogP contribution in [0.5, 0.6) is 0 Å². The Kier molecular flexibility index (Phi) is 5.47. The maximum absolute atomic E-state index is 14.1. The largest absolute Gasteiger partial charge is 0.502 e. The van der Waals surface area contributed by atoms with E-state index in [0.29, 0.717) is 6.08 Å². The van der Waals surface area contributed by atoms with Gasteiger partial charge < -0.3 is 24.9 Å². The van der Waals surface area contributed by atoms with Gasteiger partial charge in [-0.2, -0.15) is 0 Å². The number of carbonyl (C=O) groups excluding carboxylic acids is 1. The summed E-state index contributed by atoms with van der Waals surface area (Å²) in [5, 5.41) is 27.6. The van der Waals surface area contributed by atoms with Gasteiger partial charge in [-0.15, -0.1) is 0 Å². The molecule has 1 aliphatic rings. The van der Waals surface area contributed by atoms with Gasteiger partial charge in [0.25, 0.3) is 0 Å². The van der Waals surface area contributed by atoms with Gasteiger partial charge in [-0.05, 0) is 12.7 Å². The molecule has 0 bridgehead atoms. The molecular formula is C11H14FO9P. The quantitative estimate of drug-likeness (QED) is 0.233. The fourth-order valence-electron chi connectivity index (χ4n) is 1.73. The molecule has 0 radical (unpaired) electrons. The van der Waals surface area contributed by atoms with Crippen LogP contribution in [0.2, 0.25) is 0 Å². The van der Waals surface area contributed by atoms with Crippen LogP contribution in [-0.2, 0) is 23.4 Å². The van der Waals surface area contributed by atoms with Crippen LogP contribution >= 0.6 is 7.60 Å². The predicted octanol–water partition coefficient (Wildman–Crippen LogP) is -0.106. The summed E-state index contributed by atoms with van der Waals surface area (Å²) in [6, 6.07) is 0. The molecule has 0 saturated carbocycles. The summed E-state index contributed by atoms with van der Waals surface area (Å²) in [5.41, 5.74) is -0.926. The Balaban J connectivity index is 3.15. The Hall–Kier alpha value is -1.74. The van der Waals surface area contributed by atoms with Crippen LogP contribution in [0.15, 0.2) is 24.0 Å². The van der Waals surface area contributed by atoms with E-state index >= 15 is 0 Å². The van der Waals surface area contributed by atoms with Gasteiger partial charge in [-0.25, -0.2) is 14.0 Å². The van der Waals surface area contributed by atoms with Crippen molar-refractivity contribution in [1.82, 2.24) is 0 Å². The van der Waals surface area contributed by atoms with Crippen molar-refractivity contribution in [3.05, 3.63) is 24.0 Å². The number of hydrogen-bond donors (Lipinski definition) is 4. The molecule has 0 heterocycles. The standard InChI is InChI=1S/C11H14FO9P/c1-4(13)11(17)20-9-7(12)5(10(15)16)3-6(8(9)14)21-22(2,18)19/h3,6-9,13-14H,1H2,2H3,(H,15,16)(H,18,19)/t6-,7+,8+,9+/m0/s1. The molecule has 1 aliphatic carbocycles. The number of carboxylic acid groups (broad SMARTS) is 1. The second-order valence-electron chi connectivity index (χ2n) is 4.51. The number of aliphatic hydroxyl groups is 2. The van der Waals surface area contributed by atoms with Gasteiger partial charge in [0, 0.05) is 6.66 Å². The van der Waals surface area contributed by atoms with Gasteiger partial charge in [0.05, 0.1) is 5.57 Å². The molecule has 5 atom stereocenters. The van der Waals surface area contributed by atoms with Gasteiger partial charge in [0.15, 0.2) is 18.0 Å². The van der Waals surface area contributed by atoms with Crippen LogP contribution in [0, 0.1) is 0 Å². The third kappa shape index (κ3) is 4.38. The molecule has 124 valence electrons. The van der Waals surface area contributed by atoms with Gasteiger partial charge in [-0.3, -0.25) is 9.09 Å². The molecule has 11 heteroatoms. The molecule has 0 spiro atoms. The monoisotopic (exact) mass is 340 g/mol. The molecule has 22 heavy (non-hydrogen) atoms. The van der Waals surface area contributed by atoms with Gasteiger partial charge in [0.1, 0.15) is 12.2 Å². The number of esters is 1. The van der Waals surface area contributed by atoms with Crippen molar-refractivity contribution in [2.45, 2.75) is 24.5 Å². The van der Waals surface area contributed by atoms with Gasteiger partial charge in [0.2, 0.25) is 0 Å². The Labute approximate surface area is 123 Å². The fraction of sp³-hybridized carbons (Fsp3) is 0.455. The molecule has 0 aromatic rings. The van der Waals surface area contributed by atoms with E-state index in [-0.39, 0.29) is 0 Å². The van der Waals surface area contributed by atoms with Crippen molar-refractivity contribution >= 4 is 19.5 Å². The first kappa shape index (κ1) is 18.3. The van der Waals surface area contributed by atoms with E-state index in [9.17, 15) is 23.7 Å². The highest BCUT2D eigenvalue weighted by Gasteiger charge is 2.46. The zero-order valence-corrected chi connectivity index (χ0v) is 12.1. The second kappa shape index (κ2) is 6.57. The molecule has 1 rings (SSSR count). The number of aliphatic carboxylic acids is 1. The number of carbonyl (C=O) groups is 2. The van der Waals surface area contributed by atoms with Crippen molar-refractivity contribution in [2.75, 3.05) is 6.66 Å². The number of halogens is 1. The zero-order valence-electron chi connectivity index (χ0n) is 11.2. The summed E-state index contributed by atoms with van der Waals surface area (Å²) in [4.78, 5) is 31.3. The Bertz CT molecular complexity index is 566. The van der Waals surface area contributed by atoms with Gasteiger partial charge >= 0.3 is 19.5 Å². The lowest BCUT2D eigenvalue weighted by Gasteiger charge is -2.34. The Morgan fingerprint density at radius 1 is 1.41 bits per heavy atom. The minimum atomic E-state index is -4.16. The molecule has 0 saturated heterocycles. The molecule has 0 aromatic heterocycles. The summed E-state index contributed by atoms with van der Waals surface area (Å²) in [7, 11) is -4.16. The molecule has 1 unspecified atom stereocenters. The number of aliphatic hydroxyl groups excluding tert-OH is 2. The summed E-state index contributed by atoms with van der Waals surface area (Å²) in [5.74, 6) is -4.31. The molecule has 0 aromatic carbocycles. The van der Waals surface area contributed by atoms with Crippen LogP contribution in [0.25, 0.3) is 0 Å². The van der Waals surface area contributed by atoms with Crippen LogP contribution in [0.4, 0.5) is 4.39 Å². The van der Waals surface area contributed by atoms with E-state index in [1.807, 2.05) is 0 Å². The van der Waals surface area contributed by atoms with E-state index in [0.717, 1.165) is 6.66 Å². The van der Waals surface area contributed by atoms with Crippen LogP contribution < -0.4 is 0 Å². The normalized spacial score (nSPS) is 30.8. The van der Waals surface area contributed by atoms with Crippen molar-refractivity contribution in [3.8, 4) is 0 Å². The second-order valence-corrected chi connectivity index (χ2v) is 6.33. The third-order valence-electron chi connectivity index (χ3n) is 2.65. The molecular weight excluding hydrogens is 326 g/mol. The molecule has 0 amide bonds. The van der Waals surface area contributed by atoms with Crippen LogP contribution in [-0.4, -0.2) is 63.3 Å². The number of carboxylic acids is 1. The summed E-state index contributed by atoms with van der Waals surface area (Å²) < 4.78 is 34.3. The topological polar surface area (TPSA) is 151 Å². The van der Waals surface area contributed by atoms with E-state index in [4.69, 9.17) is 15.1 Å². The van der Waals surface area contributed by atoms with Crippen molar-refractivity contribution < 1.29 is 48.0 Å². The van der Waals surface area contributed by atoms with Crippen molar-refractivity contribution in [2.24, 2.45) is 0 Å². The SMILES string of the molecule is C=C(O)C(=O)O[C@H]1[C@H](O)[C@@H](OP(C)(=O)O)C=C(C(=O)O)[C@H]1F. The van der Waals surface area contributed by atoms with Gasteiger partial charge in [-0.1, -0.05) is 0 Å². The lowest BCUT2D eigenvalue weighted by atomic mass is 9.90.